The summed E-state index contributed by atoms with van der Waals surface area (Å²) in [6.45, 7) is 15.3. The number of nitrogens with zero attached hydrogens (tertiary/aromatic N) is 8. The molecule has 5 fully saturated rings. The molecule has 4 aromatic heterocycles. The lowest BCUT2D eigenvalue weighted by molar-refractivity contribution is -0.246. The second-order valence-electron chi connectivity index (χ2n) is 18.5. The van der Waals surface area contributed by atoms with Gasteiger partial charge < -0.3 is 19.9 Å². The van der Waals surface area contributed by atoms with E-state index in [1.54, 1.807) is 11.3 Å². The van der Waals surface area contributed by atoms with Crippen LogP contribution in [0.1, 0.15) is 106 Å². The smallest absolute Gasteiger partial charge is 0.273 e. The normalized spacial score (nSPS) is 28.0. The Hall–Kier alpha value is -4.42. The summed E-state index contributed by atoms with van der Waals surface area (Å²) in [4.78, 5) is 28.5. The molecule has 4 saturated carbocycles. The van der Waals surface area contributed by atoms with E-state index >= 15 is 0 Å². The van der Waals surface area contributed by atoms with Crippen LogP contribution in [0.3, 0.4) is 0 Å². The molecule has 1 aromatic carbocycles. The van der Waals surface area contributed by atoms with Gasteiger partial charge in [-0.25, -0.2) is 9.97 Å². The molecule has 6 aliphatic rings. The van der Waals surface area contributed by atoms with E-state index in [0.717, 1.165) is 126 Å². The Morgan fingerprint density at radius 2 is 1.68 bits per heavy atom. The number of fused-ring (bicyclic) bond motifs is 2. The number of para-hydroxylation sites is 1. The molecule has 1 saturated heterocycles. The topological polar surface area (TPSA) is 114 Å². The number of likely N-dealkylation sites (tertiary alicyclic amines) is 1. The zero-order valence-corrected chi connectivity index (χ0v) is 34.3. The van der Waals surface area contributed by atoms with Gasteiger partial charge in [-0.05, 0) is 125 Å². The maximum atomic E-state index is 14.4. The maximum absolute atomic E-state index is 14.4. The van der Waals surface area contributed by atoms with Crippen LogP contribution in [0.25, 0.3) is 21.3 Å². The van der Waals surface area contributed by atoms with Crippen LogP contribution in [-0.4, -0.2) is 72.6 Å². The van der Waals surface area contributed by atoms with Gasteiger partial charge in [0.25, 0.3) is 5.91 Å². The molecule has 2 aliphatic heterocycles. The lowest BCUT2D eigenvalue weighted by Crippen LogP contribution is -2.64. The number of amides is 1. The third kappa shape index (κ3) is 6.01. The summed E-state index contributed by atoms with van der Waals surface area (Å²) in [7, 11) is 0. The number of nitrogens with one attached hydrogen (secondary N) is 1. The number of hydrogen-bond donors (Lipinski definition) is 1. The van der Waals surface area contributed by atoms with Crippen LogP contribution >= 0.6 is 11.3 Å². The molecule has 1 amide bonds. The second kappa shape index (κ2) is 13.1. The van der Waals surface area contributed by atoms with E-state index < -0.39 is 0 Å². The van der Waals surface area contributed by atoms with Gasteiger partial charge >= 0.3 is 0 Å². The van der Waals surface area contributed by atoms with E-state index in [4.69, 9.17) is 24.9 Å². The highest BCUT2D eigenvalue weighted by Gasteiger charge is 2.66. The van der Waals surface area contributed by atoms with Crippen molar-refractivity contribution in [2.24, 2.45) is 16.2 Å². The highest BCUT2D eigenvalue weighted by Crippen LogP contribution is 2.72. The summed E-state index contributed by atoms with van der Waals surface area (Å²) in [5.41, 5.74) is 7.27. The first-order valence-electron chi connectivity index (χ1n) is 20.7. The molecule has 1 N–H and O–H groups in total. The number of hydrogen-bond acceptors (Lipinski definition) is 10. The fourth-order valence-corrected chi connectivity index (χ4v) is 13.5. The van der Waals surface area contributed by atoms with E-state index in [1.807, 2.05) is 29.3 Å². The third-order valence-electron chi connectivity index (χ3n) is 13.6. The van der Waals surface area contributed by atoms with Gasteiger partial charge in [0.1, 0.15) is 11.5 Å². The number of aromatic nitrogens is 6. The van der Waals surface area contributed by atoms with Gasteiger partial charge in [-0.3, -0.25) is 9.48 Å². The van der Waals surface area contributed by atoms with E-state index in [-0.39, 0.29) is 16.9 Å². The van der Waals surface area contributed by atoms with Gasteiger partial charge in [-0.2, -0.15) is 5.10 Å². The number of benzene rings is 1. The average Bonchev–Trinajstić information content (AvgIpc) is 3.91. The monoisotopic (exact) mass is 771 g/mol. The quantitative estimate of drug-likeness (QED) is 0.157. The van der Waals surface area contributed by atoms with Crippen LogP contribution in [-0.2, 0) is 17.7 Å². The van der Waals surface area contributed by atoms with Crippen LogP contribution in [0.15, 0.2) is 42.6 Å². The minimum atomic E-state index is -0.0313. The Bertz CT molecular complexity index is 2310. The average molecular weight is 772 g/mol. The zero-order chi connectivity index (χ0) is 38.5. The van der Waals surface area contributed by atoms with E-state index in [9.17, 15) is 4.79 Å². The number of anilines is 4. The van der Waals surface area contributed by atoms with Crippen LogP contribution in [0.4, 0.5) is 22.6 Å². The molecule has 11 rings (SSSR count). The van der Waals surface area contributed by atoms with Gasteiger partial charge in [-0.1, -0.05) is 37.3 Å². The van der Waals surface area contributed by atoms with Crippen LogP contribution < -0.4 is 10.2 Å². The third-order valence-corrected chi connectivity index (χ3v) is 14.6. The molecule has 2 atom stereocenters. The van der Waals surface area contributed by atoms with Crippen molar-refractivity contribution < 1.29 is 9.53 Å². The first-order valence-corrected chi connectivity index (χ1v) is 21.5. The Morgan fingerprint density at radius 3 is 2.45 bits per heavy atom. The molecule has 0 radical (unpaired) electrons. The molecule has 2 unspecified atom stereocenters. The van der Waals surface area contributed by atoms with E-state index in [2.05, 4.69) is 72.8 Å². The molecular formula is C44H53N9O2S. The maximum Gasteiger partial charge on any atom is 0.273 e. The minimum absolute atomic E-state index is 0.0121. The van der Waals surface area contributed by atoms with Crippen molar-refractivity contribution in [2.75, 3.05) is 36.5 Å². The first-order chi connectivity index (χ1) is 27.0. The van der Waals surface area contributed by atoms with Crippen molar-refractivity contribution in [1.82, 2.24) is 34.8 Å². The highest BCUT2D eigenvalue weighted by molar-refractivity contribution is 7.22. The van der Waals surface area contributed by atoms with Crippen molar-refractivity contribution >= 4 is 50.0 Å². The van der Waals surface area contributed by atoms with Crippen LogP contribution in [0.2, 0.25) is 0 Å². The van der Waals surface area contributed by atoms with Gasteiger partial charge in [0.2, 0.25) is 0 Å². The van der Waals surface area contributed by atoms with E-state index in [0.29, 0.717) is 16.5 Å². The largest absolute Gasteiger partial charge is 0.375 e. The second-order valence-corrected chi connectivity index (χ2v) is 19.5. The Kier molecular flexibility index (Phi) is 8.38. The molecule has 5 aromatic rings. The molecule has 4 bridgehead atoms. The van der Waals surface area contributed by atoms with Gasteiger partial charge in [0, 0.05) is 60.7 Å². The lowest BCUT2D eigenvalue weighted by atomic mass is 9.39. The first kappa shape index (κ1) is 36.0. The number of rotatable bonds is 9. The SMILES string of the molecule is CCOC12CC3(C)CC(C)(CC(Cn4ncc(-c5ccc(N6CCCc7c6nnc(Nc6nc8ccccc8s6)c7C)nc5C(=O)N5CCCC5)c4C)(C3)C1)C2. The Balaban J connectivity index is 0.978. The summed E-state index contributed by atoms with van der Waals surface area (Å²) in [5.74, 6) is 2.23. The molecule has 4 aliphatic carbocycles. The predicted molar refractivity (Wildman–Crippen MR) is 221 cm³/mol. The molecule has 0 spiro atoms. The van der Waals surface area contributed by atoms with Crippen LogP contribution in [0, 0.1) is 30.1 Å². The predicted octanol–water partition coefficient (Wildman–Crippen LogP) is 9.18. The fraction of sp³-hybridized carbons (Fsp3) is 0.545. The molecule has 56 heavy (non-hydrogen) atoms. The number of carbonyl (C=O) groups is 1. The number of pyridine rings is 1. The molecule has 292 valence electrons. The summed E-state index contributed by atoms with van der Waals surface area (Å²) in [6, 6.07) is 12.3. The summed E-state index contributed by atoms with van der Waals surface area (Å²) >= 11 is 1.61. The number of ether oxygens (including phenoxy) is 1. The van der Waals surface area contributed by atoms with Crippen molar-refractivity contribution in [3.63, 3.8) is 0 Å². The van der Waals surface area contributed by atoms with Gasteiger partial charge in [-0.15, -0.1) is 10.2 Å². The summed E-state index contributed by atoms with van der Waals surface area (Å²) in [6.07, 6.45) is 13.0. The minimum Gasteiger partial charge on any atom is -0.375 e. The van der Waals surface area contributed by atoms with Gasteiger partial charge in [0.15, 0.2) is 16.8 Å². The number of thiazole rings is 1. The lowest BCUT2D eigenvalue weighted by Gasteiger charge is -2.69. The molecule has 12 heteroatoms. The zero-order valence-electron chi connectivity index (χ0n) is 33.5. The number of carbonyl (C=O) groups excluding carboxylic acids is 1. The van der Waals surface area contributed by atoms with Crippen molar-refractivity contribution in [1.29, 1.82) is 0 Å². The Labute approximate surface area is 333 Å². The van der Waals surface area contributed by atoms with E-state index in [1.165, 1.54) is 32.1 Å². The van der Waals surface area contributed by atoms with Crippen molar-refractivity contribution in [3.05, 3.63) is 65.1 Å². The molecule has 11 nitrogen and oxygen atoms in total. The van der Waals surface area contributed by atoms with Crippen molar-refractivity contribution in [3.8, 4) is 11.1 Å². The standard InChI is InChI=1S/C44H53N9O2S/c1-6-55-44-24-41(4)21-42(5,25-44)23-43(22-41,26-44)27-53-29(3)32(20-45-53)31-15-16-35(47-36(31)39(54)51-17-9-10-18-51)52-19-11-12-30-28(2)37(49-50-38(30)52)48-40-46-33-13-7-8-14-34(33)56-40/h7-8,13-16,20H,6,9-12,17-19,21-27H2,1-5H3,(H,46,48,49). The molecule has 6 heterocycles. The highest BCUT2D eigenvalue weighted by atomic mass is 32.1. The van der Waals surface area contributed by atoms with Crippen LogP contribution in [0.5, 0.6) is 0 Å². The summed E-state index contributed by atoms with van der Waals surface area (Å²) < 4.78 is 10.0. The fourth-order valence-electron chi connectivity index (χ4n) is 12.6. The van der Waals surface area contributed by atoms with Crippen molar-refractivity contribution in [2.45, 2.75) is 111 Å². The van der Waals surface area contributed by atoms with Gasteiger partial charge in [0.05, 0.1) is 22.0 Å². The Morgan fingerprint density at radius 1 is 0.893 bits per heavy atom. The molecular weight excluding hydrogens is 719 g/mol. The summed E-state index contributed by atoms with van der Waals surface area (Å²) in [5, 5.41) is 18.8.